The molecule has 1 N–H and O–H groups in total. The Kier molecular flexibility index (Phi) is 5.10. The Labute approximate surface area is 151 Å². The van der Waals surface area contributed by atoms with Gasteiger partial charge in [0.05, 0.1) is 30.3 Å². The van der Waals surface area contributed by atoms with Gasteiger partial charge in [0, 0.05) is 6.20 Å². The zero-order valence-electron chi connectivity index (χ0n) is 13.5. The average Bonchev–Trinajstić information content (AvgIpc) is 3.09. The van der Waals surface area contributed by atoms with Crippen molar-refractivity contribution in [1.82, 2.24) is 24.7 Å². The molecule has 12 heteroatoms. The number of rotatable bonds is 6. The van der Waals surface area contributed by atoms with Crippen LogP contribution in [0.15, 0.2) is 59.9 Å². The molecular weight excluding hydrogens is 387 g/mol. The van der Waals surface area contributed by atoms with Crippen LogP contribution in [-0.4, -0.2) is 34.8 Å². The molecule has 3 rings (SSSR count). The number of para-hydroxylation sites is 1. The summed E-state index contributed by atoms with van der Waals surface area (Å²) in [5.41, 5.74) is 0.875. The van der Waals surface area contributed by atoms with Gasteiger partial charge in [-0.2, -0.15) is 0 Å². The lowest BCUT2D eigenvalue weighted by atomic mass is 10.3. The molecule has 0 fully saturated rings. The second kappa shape index (κ2) is 7.32. The summed E-state index contributed by atoms with van der Waals surface area (Å²) in [5.74, 6) is -0.823. The number of alkyl halides is 3. The van der Waals surface area contributed by atoms with Gasteiger partial charge in [-0.25, -0.2) is 17.8 Å². The summed E-state index contributed by atoms with van der Waals surface area (Å²) in [4.78, 5) is 3.29. The van der Waals surface area contributed by atoms with Crippen molar-refractivity contribution in [2.24, 2.45) is 0 Å². The van der Waals surface area contributed by atoms with Crippen molar-refractivity contribution in [1.29, 1.82) is 0 Å². The Bertz CT molecular complexity index is 1020. The van der Waals surface area contributed by atoms with Crippen LogP contribution in [0.2, 0.25) is 0 Å². The molecular formula is C15H12F3N5O3S. The Balaban J connectivity index is 1.76. The SMILES string of the molecule is O=S(=O)(NCc1cn(-c2cccnc2)nn1)c1ccccc1OC(F)(F)F. The van der Waals surface area contributed by atoms with Crippen molar-refractivity contribution in [3.63, 3.8) is 0 Å². The smallest absolute Gasteiger partial charge is 0.404 e. The molecule has 0 radical (unpaired) electrons. The van der Waals surface area contributed by atoms with Crippen LogP contribution >= 0.6 is 0 Å². The number of halogens is 3. The topological polar surface area (TPSA) is 99.0 Å². The first-order valence-electron chi connectivity index (χ1n) is 7.41. The predicted octanol–water partition coefficient (Wildman–Crippen LogP) is 2.04. The molecule has 0 unspecified atom stereocenters. The van der Waals surface area contributed by atoms with E-state index in [2.05, 4.69) is 24.8 Å². The van der Waals surface area contributed by atoms with E-state index >= 15 is 0 Å². The zero-order valence-corrected chi connectivity index (χ0v) is 14.3. The third kappa shape index (κ3) is 4.80. The molecule has 0 aliphatic rings. The number of hydrogen-bond acceptors (Lipinski definition) is 6. The number of sulfonamides is 1. The zero-order chi connectivity index (χ0) is 19.5. The Morgan fingerprint density at radius 3 is 2.63 bits per heavy atom. The van der Waals surface area contributed by atoms with Crippen molar-refractivity contribution >= 4 is 10.0 Å². The molecule has 0 aliphatic heterocycles. The lowest BCUT2D eigenvalue weighted by Crippen LogP contribution is -2.25. The summed E-state index contributed by atoms with van der Waals surface area (Å²) in [7, 11) is -4.28. The second-order valence-electron chi connectivity index (χ2n) is 5.18. The van der Waals surface area contributed by atoms with Crippen molar-refractivity contribution in [3.05, 3.63) is 60.7 Å². The van der Waals surface area contributed by atoms with E-state index in [1.807, 2.05) is 0 Å². The second-order valence-corrected chi connectivity index (χ2v) is 6.92. The Morgan fingerprint density at radius 2 is 1.93 bits per heavy atom. The number of aromatic nitrogens is 4. The van der Waals surface area contributed by atoms with Crippen molar-refractivity contribution < 1.29 is 26.3 Å². The van der Waals surface area contributed by atoms with Gasteiger partial charge in [-0.1, -0.05) is 17.3 Å². The van der Waals surface area contributed by atoms with Crippen LogP contribution in [-0.2, 0) is 16.6 Å². The molecule has 0 aliphatic carbocycles. The number of nitrogens with one attached hydrogen (secondary N) is 1. The highest BCUT2D eigenvalue weighted by Gasteiger charge is 2.33. The van der Waals surface area contributed by atoms with E-state index in [4.69, 9.17) is 0 Å². The van der Waals surface area contributed by atoms with E-state index in [-0.39, 0.29) is 12.2 Å². The molecule has 3 aromatic rings. The number of nitrogens with zero attached hydrogens (tertiary/aromatic N) is 4. The molecule has 2 aromatic heterocycles. The molecule has 0 saturated heterocycles. The monoisotopic (exact) mass is 399 g/mol. The molecule has 0 amide bonds. The molecule has 8 nitrogen and oxygen atoms in total. The molecule has 0 spiro atoms. The standard InChI is InChI=1S/C15H12F3N5O3S/c16-15(17,18)26-13-5-1-2-6-14(13)27(24,25)20-8-11-10-23(22-21-11)12-4-3-7-19-9-12/h1-7,9-10,20H,8H2. The third-order valence-corrected chi connectivity index (χ3v) is 4.70. The maximum atomic E-state index is 12.5. The molecule has 0 bridgehead atoms. The summed E-state index contributed by atoms with van der Waals surface area (Å²) in [5, 5.41) is 7.66. The van der Waals surface area contributed by atoms with Gasteiger partial charge >= 0.3 is 6.36 Å². The van der Waals surface area contributed by atoms with E-state index in [0.717, 1.165) is 12.1 Å². The van der Waals surface area contributed by atoms with Crippen LogP contribution < -0.4 is 9.46 Å². The fourth-order valence-electron chi connectivity index (χ4n) is 2.12. The maximum absolute atomic E-state index is 12.5. The Morgan fingerprint density at radius 1 is 1.15 bits per heavy atom. The minimum absolute atomic E-state index is 0.261. The lowest BCUT2D eigenvalue weighted by molar-refractivity contribution is -0.275. The van der Waals surface area contributed by atoms with Crippen molar-refractivity contribution in [2.75, 3.05) is 0 Å². The van der Waals surface area contributed by atoms with Crippen molar-refractivity contribution in [2.45, 2.75) is 17.8 Å². The minimum Gasteiger partial charge on any atom is -0.404 e. The molecule has 1 aromatic carbocycles. The maximum Gasteiger partial charge on any atom is 0.573 e. The van der Waals surface area contributed by atoms with Gasteiger partial charge in [0.2, 0.25) is 10.0 Å². The summed E-state index contributed by atoms with van der Waals surface area (Å²) >= 11 is 0. The van der Waals surface area contributed by atoms with E-state index in [0.29, 0.717) is 5.69 Å². The first kappa shape index (κ1) is 18.8. The van der Waals surface area contributed by atoms with E-state index < -0.39 is 27.0 Å². The van der Waals surface area contributed by atoms with Crippen LogP contribution in [0.4, 0.5) is 13.2 Å². The highest BCUT2D eigenvalue weighted by atomic mass is 32.2. The molecule has 27 heavy (non-hydrogen) atoms. The van der Waals surface area contributed by atoms with Gasteiger partial charge in [-0.15, -0.1) is 18.3 Å². The van der Waals surface area contributed by atoms with Crippen LogP contribution in [0.1, 0.15) is 5.69 Å². The van der Waals surface area contributed by atoms with Gasteiger partial charge < -0.3 is 4.74 Å². The summed E-state index contributed by atoms with van der Waals surface area (Å²) in [6, 6.07) is 7.87. The first-order valence-corrected chi connectivity index (χ1v) is 8.89. The van der Waals surface area contributed by atoms with Gasteiger partial charge in [0.25, 0.3) is 0 Å². The van der Waals surface area contributed by atoms with Gasteiger partial charge in [-0.3, -0.25) is 4.98 Å². The van der Waals surface area contributed by atoms with Gasteiger partial charge in [-0.05, 0) is 24.3 Å². The first-order chi connectivity index (χ1) is 12.7. The highest BCUT2D eigenvalue weighted by Crippen LogP contribution is 2.29. The van der Waals surface area contributed by atoms with Crippen LogP contribution in [0.5, 0.6) is 5.75 Å². The summed E-state index contributed by atoms with van der Waals surface area (Å²) < 4.78 is 69.5. The van der Waals surface area contributed by atoms with E-state index in [1.54, 1.807) is 18.3 Å². The van der Waals surface area contributed by atoms with Crippen LogP contribution in [0.3, 0.4) is 0 Å². The molecule has 0 atom stereocenters. The summed E-state index contributed by atoms with van der Waals surface area (Å²) in [6.07, 6.45) is -0.432. The normalized spacial score (nSPS) is 12.1. The van der Waals surface area contributed by atoms with Gasteiger partial charge in [0.1, 0.15) is 10.6 Å². The van der Waals surface area contributed by atoms with Crippen LogP contribution in [0.25, 0.3) is 5.69 Å². The Hall–Kier alpha value is -2.99. The summed E-state index contributed by atoms with van der Waals surface area (Å²) in [6.45, 7) is -0.275. The third-order valence-electron chi connectivity index (χ3n) is 3.26. The largest absolute Gasteiger partial charge is 0.573 e. The molecule has 2 heterocycles. The number of hydrogen-bond donors (Lipinski definition) is 1. The van der Waals surface area contributed by atoms with Crippen LogP contribution in [0, 0.1) is 0 Å². The lowest BCUT2D eigenvalue weighted by Gasteiger charge is -2.13. The quantitative estimate of drug-likeness (QED) is 0.681. The van der Waals surface area contributed by atoms with E-state index in [1.165, 1.54) is 29.2 Å². The average molecular weight is 399 g/mol. The predicted molar refractivity (Wildman–Crippen MR) is 86.3 cm³/mol. The number of ether oxygens (including phenoxy) is 1. The van der Waals surface area contributed by atoms with Crippen molar-refractivity contribution in [3.8, 4) is 11.4 Å². The van der Waals surface area contributed by atoms with E-state index in [9.17, 15) is 21.6 Å². The molecule has 142 valence electrons. The fraction of sp³-hybridized carbons (Fsp3) is 0.133. The van der Waals surface area contributed by atoms with Gasteiger partial charge in [0.15, 0.2) is 0 Å². The number of benzene rings is 1. The minimum atomic E-state index is -5.02. The number of pyridine rings is 1. The molecule has 0 saturated carbocycles. The highest BCUT2D eigenvalue weighted by molar-refractivity contribution is 7.89. The fourth-order valence-corrected chi connectivity index (χ4v) is 3.25.